The highest BCUT2D eigenvalue weighted by molar-refractivity contribution is 5.76. The molecule has 7 nitrogen and oxygen atoms in total. The van der Waals surface area contributed by atoms with Crippen LogP contribution in [0.15, 0.2) is 36.8 Å². The maximum atomic E-state index is 14.4. The second-order valence-corrected chi connectivity index (χ2v) is 6.87. The fourth-order valence-electron chi connectivity index (χ4n) is 3.72. The highest BCUT2D eigenvalue weighted by Gasteiger charge is 2.20. The van der Waals surface area contributed by atoms with Crippen molar-refractivity contribution in [1.29, 1.82) is 0 Å². The van der Waals surface area contributed by atoms with Crippen molar-refractivity contribution in [3.63, 3.8) is 0 Å². The van der Waals surface area contributed by atoms with Crippen molar-refractivity contribution in [1.82, 2.24) is 24.1 Å². The van der Waals surface area contributed by atoms with E-state index in [2.05, 4.69) is 20.4 Å². The van der Waals surface area contributed by atoms with E-state index in [1.54, 1.807) is 23.1 Å². The van der Waals surface area contributed by atoms with Crippen molar-refractivity contribution in [2.45, 2.75) is 19.9 Å². The summed E-state index contributed by atoms with van der Waals surface area (Å²) in [5.41, 5.74) is 5.02. The Hall–Kier alpha value is -3.42. The van der Waals surface area contributed by atoms with Crippen LogP contribution in [0.2, 0.25) is 0 Å². The molecule has 0 atom stereocenters. The summed E-state index contributed by atoms with van der Waals surface area (Å²) < 4.78 is 23.7. The molecule has 142 valence electrons. The first kappa shape index (κ1) is 16.7. The average Bonchev–Trinajstić information content (AvgIpc) is 3.40. The van der Waals surface area contributed by atoms with Gasteiger partial charge in [0.15, 0.2) is 5.65 Å². The van der Waals surface area contributed by atoms with Gasteiger partial charge in [0.1, 0.15) is 11.6 Å². The van der Waals surface area contributed by atoms with Crippen LogP contribution in [0.1, 0.15) is 16.8 Å². The number of fused-ring (bicyclic) bond motifs is 2. The summed E-state index contributed by atoms with van der Waals surface area (Å²) in [6.07, 6.45) is 6.15. The van der Waals surface area contributed by atoms with E-state index in [1.165, 1.54) is 6.07 Å². The summed E-state index contributed by atoms with van der Waals surface area (Å²) in [5, 5.41) is 7.50. The number of nitrogens with zero attached hydrogens (tertiary/aromatic N) is 5. The van der Waals surface area contributed by atoms with Crippen molar-refractivity contribution < 1.29 is 9.13 Å². The summed E-state index contributed by atoms with van der Waals surface area (Å²) in [4.78, 5) is 9.22. The number of imidazole rings is 1. The molecule has 1 aliphatic heterocycles. The standard InChI is InChI=1S/C20H19FN6O/c1-12-11-27-19(25-12)15(17-5-7-24-26(17)2)10-23-20(27)22-9-14-13-6-8-28-18(13)4-3-16(14)21/h3-5,7,10-11H,6,8-9H2,1-2H3,(H,22,23). The molecule has 5 rings (SSSR count). The van der Waals surface area contributed by atoms with Crippen LogP contribution in [0.4, 0.5) is 10.3 Å². The van der Waals surface area contributed by atoms with E-state index >= 15 is 0 Å². The van der Waals surface area contributed by atoms with E-state index in [4.69, 9.17) is 4.74 Å². The van der Waals surface area contributed by atoms with Crippen LogP contribution in [-0.2, 0) is 20.0 Å². The molecule has 1 aliphatic rings. The molecule has 0 unspecified atom stereocenters. The zero-order chi connectivity index (χ0) is 19.3. The lowest BCUT2D eigenvalue weighted by atomic mass is 10.0. The Bertz CT molecular complexity index is 1200. The molecule has 28 heavy (non-hydrogen) atoms. The van der Waals surface area contributed by atoms with Crippen LogP contribution >= 0.6 is 0 Å². The molecular weight excluding hydrogens is 359 g/mol. The number of anilines is 1. The van der Waals surface area contributed by atoms with Gasteiger partial charge in [0.2, 0.25) is 5.95 Å². The molecule has 0 fully saturated rings. The van der Waals surface area contributed by atoms with Crippen LogP contribution in [0, 0.1) is 12.7 Å². The normalized spacial score (nSPS) is 13.0. The number of aromatic nitrogens is 5. The summed E-state index contributed by atoms with van der Waals surface area (Å²) in [6, 6.07) is 5.08. The third-order valence-electron chi connectivity index (χ3n) is 5.07. The molecule has 0 amide bonds. The molecule has 0 aliphatic carbocycles. The Morgan fingerprint density at radius 2 is 2.18 bits per heavy atom. The van der Waals surface area contributed by atoms with Gasteiger partial charge in [-0.25, -0.2) is 14.4 Å². The Morgan fingerprint density at radius 3 is 3.00 bits per heavy atom. The predicted octanol–water partition coefficient (Wildman–Crippen LogP) is 3.12. The van der Waals surface area contributed by atoms with Crippen molar-refractivity contribution in [3.05, 3.63) is 59.4 Å². The quantitative estimate of drug-likeness (QED) is 0.591. The van der Waals surface area contributed by atoms with E-state index < -0.39 is 0 Å². The number of hydrogen-bond acceptors (Lipinski definition) is 5. The Kier molecular flexibility index (Phi) is 3.78. The number of hydrogen-bond donors (Lipinski definition) is 1. The van der Waals surface area contributed by atoms with Crippen molar-refractivity contribution in [3.8, 4) is 17.0 Å². The van der Waals surface area contributed by atoms with Gasteiger partial charge >= 0.3 is 0 Å². The van der Waals surface area contributed by atoms with Gasteiger partial charge in [-0.05, 0) is 25.1 Å². The van der Waals surface area contributed by atoms with Gasteiger partial charge in [0.05, 0.1) is 23.6 Å². The van der Waals surface area contributed by atoms with Gasteiger partial charge in [-0.3, -0.25) is 9.08 Å². The number of rotatable bonds is 4. The largest absolute Gasteiger partial charge is 0.493 e. The predicted molar refractivity (Wildman–Crippen MR) is 103 cm³/mol. The lowest BCUT2D eigenvalue weighted by Crippen LogP contribution is -2.10. The summed E-state index contributed by atoms with van der Waals surface area (Å²) in [5.74, 6) is 1.14. The molecule has 0 bridgehead atoms. The van der Waals surface area contributed by atoms with Crippen LogP contribution in [0.25, 0.3) is 16.9 Å². The first-order valence-corrected chi connectivity index (χ1v) is 9.12. The third-order valence-corrected chi connectivity index (χ3v) is 5.07. The van der Waals surface area contributed by atoms with Crippen LogP contribution in [0.3, 0.4) is 0 Å². The van der Waals surface area contributed by atoms with Crippen LogP contribution in [-0.4, -0.2) is 30.8 Å². The minimum atomic E-state index is -0.235. The Morgan fingerprint density at radius 1 is 1.29 bits per heavy atom. The zero-order valence-corrected chi connectivity index (χ0v) is 15.6. The van der Waals surface area contributed by atoms with E-state index in [-0.39, 0.29) is 5.82 Å². The molecule has 1 N–H and O–H groups in total. The molecule has 1 aromatic carbocycles. The SMILES string of the molecule is Cc1cn2c(NCc3c(F)ccc4c3CCO4)ncc(-c3ccnn3C)c2n1. The van der Waals surface area contributed by atoms with E-state index in [9.17, 15) is 4.39 Å². The number of ether oxygens (including phenoxy) is 1. The summed E-state index contributed by atoms with van der Waals surface area (Å²) in [6.45, 7) is 2.85. The topological polar surface area (TPSA) is 69.3 Å². The smallest absolute Gasteiger partial charge is 0.208 e. The van der Waals surface area contributed by atoms with Gasteiger partial charge in [-0.1, -0.05) is 0 Å². The van der Waals surface area contributed by atoms with E-state index in [1.807, 2.05) is 30.6 Å². The monoisotopic (exact) mass is 378 g/mol. The maximum Gasteiger partial charge on any atom is 0.208 e. The first-order valence-electron chi connectivity index (χ1n) is 9.12. The minimum absolute atomic E-state index is 0.235. The molecular formula is C20H19FN6O. The zero-order valence-electron chi connectivity index (χ0n) is 15.6. The number of nitrogens with one attached hydrogen (secondary N) is 1. The molecule has 0 saturated heterocycles. The first-order chi connectivity index (χ1) is 13.6. The van der Waals surface area contributed by atoms with Crippen LogP contribution in [0.5, 0.6) is 5.75 Å². The second-order valence-electron chi connectivity index (χ2n) is 6.87. The molecule has 4 aromatic rings. The Balaban J connectivity index is 1.53. The minimum Gasteiger partial charge on any atom is -0.493 e. The van der Waals surface area contributed by atoms with Gasteiger partial charge < -0.3 is 10.1 Å². The number of aryl methyl sites for hydroxylation is 2. The lowest BCUT2D eigenvalue weighted by molar-refractivity contribution is 0.356. The molecule has 0 radical (unpaired) electrons. The molecule has 0 spiro atoms. The van der Waals surface area contributed by atoms with Gasteiger partial charge in [0.25, 0.3) is 0 Å². The van der Waals surface area contributed by atoms with Gasteiger partial charge in [-0.15, -0.1) is 0 Å². The molecule has 0 saturated carbocycles. The second kappa shape index (κ2) is 6.33. The van der Waals surface area contributed by atoms with Crippen molar-refractivity contribution >= 4 is 11.6 Å². The fraction of sp³-hybridized carbons (Fsp3) is 0.250. The Labute approximate surface area is 160 Å². The highest BCUT2D eigenvalue weighted by Crippen LogP contribution is 2.31. The number of halogens is 1. The average molecular weight is 378 g/mol. The summed E-state index contributed by atoms with van der Waals surface area (Å²) in [7, 11) is 1.88. The van der Waals surface area contributed by atoms with Gasteiger partial charge in [-0.2, -0.15) is 5.10 Å². The molecule has 4 heterocycles. The van der Waals surface area contributed by atoms with Crippen LogP contribution < -0.4 is 10.1 Å². The maximum absolute atomic E-state index is 14.4. The number of benzene rings is 1. The van der Waals surface area contributed by atoms with Gasteiger partial charge in [0, 0.05) is 49.7 Å². The lowest BCUT2D eigenvalue weighted by Gasteiger charge is -2.13. The highest BCUT2D eigenvalue weighted by atomic mass is 19.1. The van der Waals surface area contributed by atoms with Crippen molar-refractivity contribution in [2.24, 2.45) is 7.05 Å². The fourth-order valence-corrected chi connectivity index (χ4v) is 3.72. The van der Waals surface area contributed by atoms with E-state index in [0.29, 0.717) is 24.7 Å². The summed E-state index contributed by atoms with van der Waals surface area (Å²) >= 11 is 0. The van der Waals surface area contributed by atoms with Crippen molar-refractivity contribution in [2.75, 3.05) is 11.9 Å². The molecule has 3 aromatic heterocycles. The van der Waals surface area contributed by atoms with E-state index in [0.717, 1.165) is 40.3 Å². The third kappa shape index (κ3) is 2.60. The molecule has 8 heteroatoms.